The third-order valence-electron chi connectivity index (χ3n) is 4.73. The maximum Gasteiger partial charge on any atom is 0.287 e. The highest BCUT2D eigenvalue weighted by Gasteiger charge is 2.30. The molecule has 5 nitrogen and oxygen atoms in total. The Kier molecular flexibility index (Phi) is 4.50. The number of anilines is 1. The van der Waals surface area contributed by atoms with E-state index in [4.69, 9.17) is 11.6 Å². The van der Waals surface area contributed by atoms with Crippen LogP contribution in [-0.2, 0) is 6.54 Å². The number of hydrogen-bond donors (Lipinski definition) is 1. The summed E-state index contributed by atoms with van der Waals surface area (Å²) in [6, 6.07) is 0.621. The maximum absolute atomic E-state index is 12.1. The van der Waals surface area contributed by atoms with Crippen LogP contribution in [0.4, 0.5) is 5.69 Å². The molecule has 1 N–H and O–H groups in total. The molecule has 3 rings (SSSR count). The van der Waals surface area contributed by atoms with Crippen LogP contribution in [0.5, 0.6) is 0 Å². The minimum absolute atomic E-state index is 0.183. The fourth-order valence-electron chi connectivity index (χ4n) is 3.57. The molecule has 2 saturated heterocycles. The van der Waals surface area contributed by atoms with E-state index in [-0.39, 0.29) is 5.56 Å². The third kappa shape index (κ3) is 2.94. The molecule has 1 aromatic heterocycles. The largest absolute Gasteiger partial charge is 0.369 e. The van der Waals surface area contributed by atoms with E-state index in [0.717, 1.165) is 31.7 Å². The fraction of sp³-hybridized carbons (Fsp3) is 0.733. The Morgan fingerprint density at radius 1 is 1.43 bits per heavy atom. The first-order valence-corrected chi connectivity index (χ1v) is 8.32. The number of rotatable bonds is 3. The van der Waals surface area contributed by atoms with Gasteiger partial charge < -0.3 is 10.2 Å². The number of halogens is 1. The van der Waals surface area contributed by atoms with Gasteiger partial charge in [0.1, 0.15) is 5.02 Å². The van der Waals surface area contributed by atoms with Crippen LogP contribution in [0, 0.1) is 5.92 Å². The Balaban J connectivity index is 1.80. The van der Waals surface area contributed by atoms with Gasteiger partial charge in [-0.05, 0) is 45.1 Å². The van der Waals surface area contributed by atoms with Crippen molar-refractivity contribution in [1.82, 2.24) is 15.1 Å². The molecule has 2 atom stereocenters. The molecule has 0 radical (unpaired) electrons. The van der Waals surface area contributed by atoms with Crippen LogP contribution in [-0.4, -0.2) is 35.5 Å². The quantitative estimate of drug-likeness (QED) is 0.926. The highest BCUT2D eigenvalue weighted by atomic mass is 35.5. The Bertz CT molecular complexity index is 553. The van der Waals surface area contributed by atoms with Gasteiger partial charge in [-0.2, -0.15) is 5.10 Å². The van der Waals surface area contributed by atoms with Gasteiger partial charge in [-0.15, -0.1) is 0 Å². The van der Waals surface area contributed by atoms with Crippen molar-refractivity contribution in [3.63, 3.8) is 0 Å². The molecule has 0 amide bonds. The van der Waals surface area contributed by atoms with Gasteiger partial charge in [-0.1, -0.05) is 11.6 Å². The van der Waals surface area contributed by atoms with E-state index < -0.39 is 0 Å². The molecule has 0 aromatic carbocycles. The molecular formula is C15H23ClN4O. The molecule has 2 unspecified atom stereocenters. The zero-order valence-electron chi connectivity index (χ0n) is 12.5. The first kappa shape index (κ1) is 14.9. The minimum atomic E-state index is -0.183. The lowest BCUT2D eigenvalue weighted by Crippen LogP contribution is -2.44. The van der Waals surface area contributed by atoms with E-state index in [1.165, 1.54) is 23.9 Å². The van der Waals surface area contributed by atoms with Gasteiger partial charge in [0.2, 0.25) is 0 Å². The summed E-state index contributed by atoms with van der Waals surface area (Å²) in [5, 5.41) is 8.13. The predicted octanol–water partition coefficient (Wildman–Crippen LogP) is 1.88. The lowest BCUT2D eigenvalue weighted by molar-refractivity contribution is 0.328. The van der Waals surface area contributed by atoms with Crippen LogP contribution in [0.2, 0.25) is 5.02 Å². The number of nitrogens with one attached hydrogen (secondary N) is 1. The highest BCUT2D eigenvalue weighted by Crippen LogP contribution is 2.30. The van der Waals surface area contributed by atoms with Crippen molar-refractivity contribution in [2.45, 2.75) is 45.2 Å². The smallest absolute Gasteiger partial charge is 0.287 e. The van der Waals surface area contributed by atoms with Crippen LogP contribution in [0.25, 0.3) is 0 Å². The second kappa shape index (κ2) is 6.36. The van der Waals surface area contributed by atoms with Gasteiger partial charge in [0, 0.05) is 25.7 Å². The standard InChI is InChI=1S/C15H23ClN4O/c1-2-20-15(21)14(16)13(9-18-20)19-8-4-5-11(10-19)12-6-3-7-17-12/h9,11-12,17H,2-8,10H2,1H3. The highest BCUT2D eigenvalue weighted by molar-refractivity contribution is 6.33. The van der Waals surface area contributed by atoms with Crippen molar-refractivity contribution < 1.29 is 0 Å². The first-order valence-electron chi connectivity index (χ1n) is 7.94. The molecule has 116 valence electrons. The van der Waals surface area contributed by atoms with Gasteiger partial charge in [0.25, 0.3) is 5.56 Å². The average Bonchev–Trinajstić information content (AvgIpc) is 3.04. The lowest BCUT2D eigenvalue weighted by Gasteiger charge is -2.37. The molecule has 2 aliphatic heterocycles. The summed E-state index contributed by atoms with van der Waals surface area (Å²) in [6.45, 7) is 5.51. The third-order valence-corrected chi connectivity index (χ3v) is 5.09. The zero-order valence-corrected chi connectivity index (χ0v) is 13.3. The second-order valence-corrected chi connectivity index (χ2v) is 6.39. The molecule has 3 heterocycles. The van der Waals surface area contributed by atoms with E-state index >= 15 is 0 Å². The second-order valence-electron chi connectivity index (χ2n) is 6.02. The van der Waals surface area contributed by atoms with Gasteiger partial charge >= 0.3 is 0 Å². The van der Waals surface area contributed by atoms with Crippen molar-refractivity contribution in [1.29, 1.82) is 0 Å². The maximum atomic E-state index is 12.1. The van der Waals surface area contributed by atoms with Gasteiger partial charge in [-0.3, -0.25) is 4.79 Å². The Hall–Kier alpha value is -1.07. The summed E-state index contributed by atoms with van der Waals surface area (Å²) in [6.07, 6.45) is 6.69. The van der Waals surface area contributed by atoms with E-state index in [9.17, 15) is 4.79 Å². The van der Waals surface area contributed by atoms with E-state index in [1.54, 1.807) is 6.20 Å². The lowest BCUT2D eigenvalue weighted by atomic mass is 9.89. The number of aromatic nitrogens is 2. The summed E-state index contributed by atoms with van der Waals surface area (Å²) in [5.41, 5.74) is 0.617. The summed E-state index contributed by atoms with van der Waals surface area (Å²) < 4.78 is 1.41. The number of aryl methyl sites for hydroxylation is 1. The number of nitrogens with zero attached hydrogens (tertiary/aromatic N) is 3. The van der Waals surface area contributed by atoms with Crippen molar-refractivity contribution in [3.8, 4) is 0 Å². The van der Waals surface area contributed by atoms with Crippen molar-refractivity contribution >= 4 is 17.3 Å². The van der Waals surface area contributed by atoms with E-state index in [1.807, 2.05) is 6.92 Å². The summed E-state index contributed by atoms with van der Waals surface area (Å²) in [5.74, 6) is 0.644. The van der Waals surface area contributed by atoms with Gasteiger partial charge in [-0.25, -0.2) is 4.68 Å². The molecule has 0 saturated carbocycles. The Morgan fingerprint density at radius 2 is 2.29 bits per heavy atom. The summed E-state index contributed by atoms with van der Waals surface area (Å²) in [7, 11) is 0. The average molecular weight is 311 g/mol. The van der Waals surface area contributed by atoms with Crippen molar-refractivity contribution in [2.75, 3.05) is 24.5 Å². The van der Waals surface area contributed by atoms with Crippen molar-refractivity contribution in [2.24, 2.45) is 5.92 Å². The number of piperidine rings is 1. The Labute approximate surface area is 130 Å². The first-order chi connectivity index (χ1) is 10.2. The van der Waals surface area contributed by atoms with E-state index in [2.05, 4.69) is 15.3 Å². The molecule has 2 fully saturated rings. The van der Waals surface area contributed by atoms with E-state index in [0.29, 0.717) is 23.5 Å². The molecule has 6 heteroatoms. The molecule has 0 spiro atoms. The van der Waals surface area contributed by atoms with Crippen LogP contribution in [0.1, 0.15) is 32.6 Å². The van der Waals surface area contributed by atoms with Crippen molar-refractivity contribution in [3.05, 3.63) is 21.6 Å². The topological polar surface area (TPSA) is 50.2 Å². The van der Waals surface area contributed by atoms with Crippen LogP contribution in [0.15, 0.2) is 11.0 Å². The summed E-state index contributed by atoms with van der Waals surface area (Å²) >= 11 is 6.29. The fourth-order valence-corrected chi connectivity index (χ4v) is 3.84. The Morgan fingerprint density at radius 3 is 3.00 bits per heavy atom. The molecule has 21 heavy (non-hydrogen) atoms. The molecule has 0 aliphatic carbocycles. The monoisotopic (exact) mass is 310 g/mol. The number of hydrogen-bond acceptors (Lipinski definition) is 4. The normalized spacial score (nSPS) is 26.3. The predicted molar refractivity (Wildman–Crippen MR) is 85.1 cm³/mol. The van der Waals surface area contributed by atoms with Gasteiger partial charge in [0.15, 0.2) is 0 Å². The SMILES string of the molecule is CCn1ncc(N2CCCC(C3CCCN3)C2)c(Cl)c1=O. The van der Waals surface area contributed by atoms with Crippen LogP contribution in [0.3, 0.4) is 0 Å². The molecule has 1 aromatic rings. The molecule has 2 aliphatic rings. The van der Waals surface area contributed by atoms with Crippen LogP contribution < -0.4 is 15.8 Å². The zero-order chi connectivity index (χ0) is 14.8. The van der Waals surface area contributed by atoms with Crippen LogP contribution >= 0.6 is 11.6 Å². The van der Waals surface area contributed by atoms with Gasteiger partial charge in [0.05, 0.1) is 11.9 Å². The molecular weight excluding hydrogens is 288 g/mol. The minimum Gasteiger partial charge on any atom is -0.369 e. The summed E-state index contributed by atoms with van der Waals surface area (Å²) in [4.78, 5) is 14.4. The molecule has 0 bridgehead atoms.